The van der Waals surface area contributed by atoms with Gasteiger partial charge in [-0.3, -0.25) is 4.79 Å². The van der Waals surface area contributed by atoms with Gasteiger partial charge in [-0.1, -0.05) is 24.3 Å². The van der Waals surface area contributed by atoms with Crippen LogP contribution in [0.2, 0.25) is 0 Å². The molecule has 0 spiro atoms. The largest absolute Gasteiger partial charge is 0.493 e. The molecule has 0 bridgehead atoms. The third-order valence-electron chi connectivity index (χ3n) is 2.96. The molecule has 0 saturated carbocycles. The Morgan fingerprint density at radius 2 is 1.91 bits per heavy atom. The smallest absolute Gasteiger partial charge is 0.387 e. The summed E-state index contributed by atoms with van der Waals surface area (Å²) >= 11 is 0. The summed E-state index contributed by atoms with van der Waals surface area (Å²) in [6.07, 6.45) is 2.47. The predicted octanol–water partition coefficient (Wildman–Crippen LogP) is 4.33. The topological polar surface area (TPSA) is 35.5 Å². The van der Waals surface area contributed by atoms with Crippen LogP contribution in [-0.2, 0) is 0 Å². The number of allylic oxidation sites excluding steroid dienone is 1. The summed E-state index contributed by atoms with van der Waals surface area (Å²) in [5, 5.41) is 0. The van der Waals surface area contributed by atoms with E-state index in [1.54, 1.807) is 6.07 Å². The Bertz CT molecular complexity index is 727. The molecule has 0 radical (unpaired) electrons. The van der Waals surface area contributed by atoms with E-state index in [-0.39, 0.29) is 22.6 Å². The number of para-hydroxylation sites is 1. The summed E-state index contributed by atoms with van der Waals surface area (Å²) in [5.74, 6) is -1.05. The Balaban J connectivity index is 2.30. The second-order valence-electron chi connectivity index (χ2n) is 4.47. The van der Waals surface area contributed by atoms with Crippen LogP contribution in [0.5, 0.6) is 11.5 Å². The highest BCUT2D eigenvalue weighted by Gasteiger charge is 2.14. The van der Waals surface area contributed by atoms with E-state index < -0.39 is 18.2 Å². The molecule has 0 heterocycles. The van der Waals surface area contributed by atoms with Crippen LogP contribution >= 0.6 is 0 Å². The number of ether oxygens (including phenoxy) is 2. The first kappa shape index (κ1) is 16.6. The second kappa shape index (κ2) is 7.49. The number of methoxy groups -OCH3 is 1. The Morgan fingerprint density at radius 1 is 1.17 bits per heavy atom. The van der Waals surface area contributed by atoms with Crippen molar-refractivity contribution in [2.24, 2.45) is 0 Å². The van der Waals surface area contributed by atoms with Crippen LogP contribution in [0.4, 0.5) is 13.2 Å². The van der Waals surface area contributed by atoms with Gasteiger partial charge in [0.15, 0.2) is 17.3 Å². The summed E-state index contributed by atoms with van der Waals surface area (Å²) in [7, 11) is 1.32. The van der Waals surface area contributed by atoms with Gasteiger partial charge in [-0.15, -0.1) is 0 Å². The molecule has 0 aliphatic carbocycles. The molecule has 2 aromatic carbocycles. The van der Waals surface area contributed by atoms with Gasteiger partial charge in [0.1, 0.15) is 5.82 Å². The third-order valence-corrected chi connectivity index (χ3v) is 2.96. The number of benzene rings is 2. The van der Waals surface area contributed by atoms with E-state index in [4.69, 9.17) is 4.74 Å². The van der Waals surface area contributed by atoms with Crippen LogP contribution < -0.4 is 9.47 Å². The van der Waals surface area contributed by atoms with Gasteiger partial charge >= 0.3 is 6.61 Å². The molecular formula is C17H13F3O3. The summed E-state index contributed by atoms with van der Waals surface area (Å²) in [6, 6.07) is 9.71. The number of ketones is 1. The van der Waals surface area contributed by atoms with Crippen LogP contribution in [0.15, 0.2) is 48.5 Å². The van der Waals surface area contributed by atoms with E-state index >= 15 is 0 Å². The van der Waals surface area contributed by atoms with Crippen molar-refractivity contribution >= 4 is 11.9 Å². The average Bonchev–Trinajstić information content (AvgIpc) is 2.53. The van der Waals surface area contributed by atoms with E-state index in [2.05, 4.69) is 4.74 Å². The van der Waals surface area contributed by atoms with Crippen LogP contribution in [-0.4, -0.2) is 19.5 Å². The van der Waals surface area contributed by atoms with Crippen LogP contribution in [0, 0.1) is 5.82 Å². The van der Waals surface area contributed by atoms with Gasteiger partial charge < -0.3 is 9.47 Å². The molecule has 120 valence electrons. The van der Waals surface area contributed by atoms with Crippen LogP contribution in [0.3, 0.4) is 0 Å². The zero-order valence-electron chi connectivity index (χ0n) is 12.1. The van der Waals surface area contributed by atoms with E-state index in [1.807, 2.05) is 0 Å². The molecular weight excluding hydrogens is 309 g/mol. The molecule has 0 amide bonds. The van der Waals surface area contributed by atoms with Crippen LogP contribution in [0.1, 0.15) is 15.9 Å². The molecule has 0 aliphatic heterocycles. The Labute approximate surface area is 131 Å². The van der Waals surface area contributed by atoms with Gasteiger partial charge in [-0.25, -0.2) is 4.39 Å². The Kier molecular flexibility index (Phi) is 5.41. The van der Waals surface area contributed by atoms with Gasteiger partial charge in [0.25, 0.3) is 0 Å². The molecule has 0 N–H and O–H groups in total. The standard InChI is InChI=1S/C17H13F3O3/c1-22-15-7-3-4-11(16(15)23-17(19)20)8-9-14(21)12-5-2-6-13(18)10-12/h2-10,17H,1H3. The Hall–Kier alpha value is -2.76. The highest BCUT2D eigenvalue weighted by Crippen LogP contribution is 2.33. The van der Waals surface area contributed by atoms with Crippen molar-refractivity contribution in [3.63, 3.8) is 0 Å². The highest BCUT2D eigenvalue weighted by atomic mass is 19.3. The minimum atomic E-state index is -3.03. The fourth-order valence-corrected chi connectivity index (χ4v) is 1.94. The fourth-order valence-electron chi connectivity index (χ4n) is 1.94. The van der Waals surface area contributed by atoms with E-state index in [0.29, 0.717) is 0 Å². The number of rotatable bonds is 6. The number of alkyl halides is 2. The molecule has 2 rings (SSSR count). The minimum absolute atomic E-state index is 0.116. The van der Waals surface area contributed by atoms with Gasteiger partial charge in [0.05, 0.1) is 7.11 Å². The lowest BCUT2D eigenvalue weighted by Gasteiger charge is -2.12. The quantitative estimate of drug-likeness (QED) is 0.586. The van der Waals surface area contributed by atoms with E-state index in [0.717, 1.165) is 12.1 Å². The maximum Gasteiger partial charge on any atom is 0.387 e. The molecule has 3 nitrogen and oxygen atoms in total. The summed E-state index contributed by atoms with van der Waals surface area (Å²) in [6.45, 7) is -3.03. The third kappa shape index (κ3) is 4.35. The first-order valence-electron chi connectivity index (χ1n) is 6.61. The summed E-state index contributed by atoms with van der Waals surface area (Å²) in [5.41, 5.74) is 0.398. The molecule has 6 heteroatoms. The first-order valence-corrected chi connectivity index (χ1v) is 6.61. The number of halogens is 3. The maximum atomic E-state index is 13.1. The molecule has 0 fully saturated rings. The molecule has 0 atom stereocenters. The average molecular weight is 322 g/mol. The van der Waals surface area contributed by atoms with Crippen LogP contribution in [0.25, 0.3) is 6.08 Å². The van der Waals surface area contributed by atoms with Crippen molar-refractivity contribution in [3.05, 3.63) is 65.5 Å². The van der Waals surface area contributed by atoms with Gasteiger partial charge in [0, 0.05) is 11.1 Å². The SMILES string of the molecule is COc1cccc(C=CC(=O)c2cccc(F)c2)c1OC(F)F. The number of carbonyl (C=O) groups excluding carboxylic acids is 1. The lowest BCUT2D eigenvalue weighted by atomic mass is 10.1. The minimum Gasteiger partial charge on any atom is -0.493 e. The fraction of sp³-hybridized carbons (Fsp3) is 0.118. The van der Waals surface area contributed by atoms with Crippen molar-refractivity contribution in [2.75, 3.05) is 7.11 Å². The first-order chi connectivity index (χ1) is 11.0. The summed E-state index contributed by atoms with van der Waals surface area (Å²) in [4.78, 5) is 12.0. The van der Waals surface area contributed by atoms with E-state index in [9.17, 15) is 18.0 Å². The van der Waals surface area contributed by atoms with Crippen molar-refractivity contribution < 1.29 is 27.4 Å². The summed E-state index contributed by atoms with van der Waals surface area (Å²) < 4.78 is 47.5. The normalized spacial score (nSPS) is 11.0. The van der Waals surface area contributed by atoms with E-state index in [1.165, 1.54) is 43.5 Å². The molecule has 0 saturated heterocycles. The van der Waals surface area contributed by atoms with Crippen molar-refractivity contribution in [1.82, 2.24) is 0 Å². The maximum absolute atomic E-state index is 13.1. The molecule has 0 aliphatic rings. The molecule has 0 unspecified atom stereocenters. The number of hydrogen-bond donors (Lipinski definition) is 0. The highest BCUT2D eigenvalue weighted by molar-refractivity contribution is 6.07. The predicted molar refractivity (Wildman–Crippen MR) is 79.4 cm³/mol. The van der Waals surface area contributed by atoms with Crippen molar-refractivity contribution in [2.45, 2.75) is 6.61 Å². The zero-order chi connectivity index (χ0) is 16.8. The molecule has 2 aromatic rings. The monoisotopic (exact) mass is 322 g/mol. The molecule has 0 aromatic heterocycles. The van der Waals surface area contributed by atoms with Gasteiger partial charge in [0.2, 0.25) is 0 Å². The van der Waals surface area contributed by atoms with Crippen molar-refractivity contribution in [1.29, 1.82) is 0 Å². The zero-order valence-corrected chi connectivity index (χ0v) is 12.1. The van der Waals surface area contributed by atoms with Gasteiger partial charge in [-0.05, 0) is 30.4 Å². The lowest BCUT2D eigenvalue weighted by molar-refractivity contribution is -0.0513. The number of hydrogen-bond acceptors (Lipinski definition) is 3. The lowest BCUT2D eigenvalue weighted by Crippen LogP contribution is -2.05. The molecule has 23 heavy (non-hydrogen) atoms. The Morgan fingerprint density at radius 3 is 2.57 bits per heavy atom. The number of carbonyl (C=O) groups is 1. The van der Waals surface area contributed by atoms with Crippen molar-refractivity contribution in [3.8, 4) is 11.5 Å². The second-order valence-corrected chi connectivity index (χ2v) is 4.47. The van der Waals surface area contributed by atoms with Gasteiger partial charge in [-0.2, -0.15) is 8.78 Å².